The van der Waals surface area contributed by atoms with Gasteiger partial charge in [-0.05, 0) is 19.2 Å². The number of carbonyl (C=O) groups excluding carboxylic acids is 1. The average Bonchev–Trinajstić information content (AvgIpc) is 2.26. The molecule has 0 atom stereocenters. The quantitative estimate of drug-likeness (QED) is 0.557. The molecule has 0 radical (unpaired) electrons. The molecular formula is C11H15NO3. The SMILES string of the molecule is CNCC(=O)OCCOc1ccccc1. The third kappa shape index (κ3) is 5.02. The second kappa shape index (κ2) is 6.84. The van der Waals surface area contributed by atoms with Gasteiger partial charge >= 0.3 is 5.97 Å². The van der Waals surface area contributed by atoms with Crippen LogP contribution in [-0.2, 0) is 9.53 Å². The van der Waals surface area contributed by atoms with Crippen molar-refractivity contribution in [3.05, 3.63) is 30.3 Å². The molecule has 15 heavy (non-hydrogen) atoms. The summed E-state index contributed by atoms with van der Waals surface area (Å²) in [5, 5.41) is 2.71. The van der Waals surface area contributed by atoms with Gasteiger partial charge in [0.25, 0.3) is 0 Å². The number of likely N-dealkylation sites (N-methyl/N-ethyl adjacent to an activating group) is 1. The van der Waals surface area contributed by atoms with Gasteiger partial charge in [-0.1, -0.05) is 18.2 Å². The van der Waals surface area contributed by atoms with Crippen LogP contribution < -0.4 is 10.1 Å². The Labute approximate surface area is 89.2 Å². The molecule has 0 heterocycles. The number of esters is 1. The van der Waals surface area contributed by atoms with Crippen LogP contribution >= 0.6 is 0 Å². The molecule has 0 amide bonds. The van der Waals surface area contributed by atoms with Crippen molar-refractivity contribution in [2.75, 3.05) is 26.8 Å². The van der Waals surface area contributed by atoms with Crippen molar-refractivity contribution in [2.45, 2.75) is 0 Å². The summed E-state index contributed by atoms with van der Waals surface area (Å²) in [5.74, 6) is 0.510. The molecule has 0 aliphatic carbocycles. The maximum atomic E-state index is 10.9. The van der Waals surface area contributed by atoms with Crippen LogP contribution in [0.5, 0.6) is 5.75 Å². The number of hydrogen-bond donors (Lipinski definition) is 1. The molecular weight excluding hydrogens is 194 g/mol. The van der Waals surface area contributed by atoms with Gasteiger partial charge in [0.2, 0.25) is 0 Å². The summed E-state index contributed by atoms with van der Waals surface area (Å²) in [5.41, 5.74) is 0. The van der Waals surface area contributed by atoms with E-state index in [9.17, 15) is 4.79 Å². The van der Waals surface area contributed by atoms with E-state index in [1.165, 1.54) is 0 Å². The summed E-state index contributed by atoms with van der Waals surface area (Å²) in [7, 11) is 1.70. The summed E-state index contributed by atoms with van der Waals surface area (Å²) in [4.78, 5) is 10.9. The van der Waals surface area contributed by atoms with E-state index in [-0.39, 0.29) is 19.1 Å². The minimum atomic E-state index is -0.269. The van der Waals surface area contributed by atoms with Gasteiger partial charge in [-0.15, -0.1) is 0 Å². The van der Waals surface area contributed by atoms with E-state index >= 15 is 0 Å². The largest absolute Gasteiger partial charge is 0.490 e. The predicted octanol–water partition coefficient (Wildman–Crippen LogP) is 0.828. The molecule has 0 unspecified atom stereocenters. The summed E-state index contributed by atoms with van der Waals surface area (Å²) in [6.07, 6.45) is 0. The van der Waals surface area contributed by atoms with Gasteiger partial charge in [0.15, 0.2) is 0 Å². The summed E-state index contributed by atoms with van der Waals surface area (Å²) < 4.78 is 10.2. The third-order valence-electron chi connectivity index (χ3n) is 1.68. The summed E-state index contributed by atoms with van der Waals surface area (Å²) in [6, 6.07) is 9.41. The Bertz CT molecular complexity index is 287. The lowest BCUT2D eigenvalue weighted by molar-refractivity contribution is -0.143. The van der Waals surface area contributed by atoms with Crippen LogP contribution in [0.4, 0.5) is 0 Å². The topological polar surface area (TPSA) is 47.6 Å². The first-order valence-corrected chi connectivity index (χ1v) is 4.81. The standard InChI is InChI=1S/C11H15NO3/c1-12-9-11(13)15-8-7-14-10-5-3-2-4-6-10/h2-6,12H,7-9H2,1H3. The van der Waals surface area contributed by atoms with Crippen LogP contribution in [0.25, 0.3) is 0 Å². The summed E-state index contributed by atoms with van der Waals surface area (Å²) >= 11 is 0. The lowest BCUT2D eigenvalue weighted by atomic mass is 10.3. The van der Waals surface area contributed by atoms with Crippen molar-refractivity contribution in [3.63, 3.8) is 0 Å². The van der Waals surface area contributed by atoms with Gasteiger partial charge < -0.3 is 14.8 Å². The van der Waals surface area contributed by atoms with Crippen LogP contribution in [0, 0.1) is 0 Å². The number of benzene rings is 1. The van der Waals surface area contributed by atoms with E-state index in [1.54, 1.807) is 7.05 Å². The number of ether oxygens (including phenoxy) is 2. The zero-order valence-electron chi connectivity index (χ0n) is 8.73. The number of rotatable bonds is 6. The third-order valence-corrected chi connectivity index (χ3v) is 1.68. The van der Waals surface area contributed by atoms with Crippen LogP contribution in [0.1, 0.15) is 0 Å². The zero-order valence-corrected chi connectivity index (χ0v) is 8.73. The Morgan fingerprint density at radius 2 is 2.00 bits per heavy atom. The van der Waals surface area contributed by atoms with E-state index in [0.29, 0.717) is 6.61 Å². The molecule has 0 saturated carbocycles. The van der Waals surface area contributed by atoms with Crippen LogP contribution in [0.2, 0.25) is 0 Å². The van der Waals surface area contributed by atoms with Crippen LogP contribution in [0.3, 0.4) is 0 Å². The van der Waals surface area contributed by atoms with E-state index < -0.39 is 0 Å². The lowest BCUT2D eigenvalue weighted by Gasteiger charge is -2.06. The Hall–Kier alpha value is -1.55. The molecule has 0 aliphatic heterocycles. The first-order chi connectivity index (χ1) is 7.33. The zero-order chi connectivity index (χ0) is 10.9. The molecule has 0 spiro atoms. The highest BCUT2D eigenvalue weighted by atomic mass is 16.6. The molecule has 0 aromatic heterocycles. The molecule has 0 saturated heterocycles. The Morgan fingerprint density at radius 1 is 1.27 bits per heavy atom. The molecule has 0 bridgehead atoms. The highest BCUT2D eigenvalue weighted by molar-refractivity contribution is 5.71. The molecule has 0 fully saturated rings. The van der Waals surface area contributed by atoms with Crippen molar-refractivity contribution in [1.82, 2.24) is 5.32 Å². The fraction of sp³-hybridized carbons (Fsp3) is 0.364. The molecule has 4 heteroatoms. The number of hydrogen-bond acceptors (Lipinski definition) is 4. The normalized spacial score (nSPS) is 9.67. The predicted molar refractivity (Wildman–Crippen MR) is 56.8 cm³/mol. The lowest BCUT2D eigenvalue weighted by Crippen LogP contribution is -2.22. The van der Waals surface area contributed by atoms with Crippen LogP contribution in [-0.4, -0.2) is 32.8 Å². The number of carbonyl (C=O) groups is 1. The highest BCUT2D eigenvalue weighted by Crippen LogP contribution is 2.07. The van der Waals surface area contributed by atoms with Gasteiger partial charge in [-0.2, -0.15) is 0 Å². The molecule has 82 valence electrons. The van der Waals surface area contributed by atoms with E-state index in [2.05, 4.69) is 5.32 Å². The summed E-state index contributed by atoms with van der Waals surface area (Å²) in [6.45, 7) is 0.875. The van der Waals surface area contributed by atoms with Crippen LogP contribution in [0.15, 0.2) is 30.3 Å². The maximum absolute atomic E-state index is 10.9. The molecule has 4 nitrogen and oxygen atoms in total. The molecule has 0 aliphatic rings. The van der Waals surface area contributed by atoms with Crippen molar-refractivity contribution in [3.8, 4) is 5.75 Å². The Balaban J connectivity index is 2.10. The van der Waals surface area contributed by atoms with Crippen molar-refractivity contribution in [1.29, 1.82) is 0 Å². The molecule has 1 rings (SSSR count). The van der Waals surface area contributed by atoms with Gasteiger partial charge in [0.1, 0.15) is 19.0 Å². The van der Waals surface area contributed by atoms with Gasteiger partial charge in [0, 0.05) is 0 Å². The Kier molecular flexibility index (Phi) is 5.25. The van der Waals surface area contributed by atoms with E-state index in [0.717, 1.165) is 5.75 Å². The molecule has 1 aromatic carbocycles. The number of para-hydroxylation sites is 1. The fourth-order valence-corrected chi connectivity index (χ4v) is 1.03. The second-order valence-electron chi connectivity index (χ2n) is 2.91. The Morgan fingerprint density at radius 3 is 2.67 bits per heavy atom. The van der Waals surface area contributed by atoms with Gasteiger partial charge in [-0.3, -0.25) is 4.79 Å². The minimum absolute atomic E-state index is 0.228. The smallest absolute Gasteiger partial charge is 0.320 e. The average molecular weight is 209 g/mol. The van der Waals surface area contributed by atoms with Crippen molar-refractivity contribution >= 4 is 5.97 Å². The minimum Gasteiger partial charge on any atom is -0.490 e. The van der Waals surface area contributed by atoms with Crippen molar-refractivity contribution in [2.24, 2.45) is 0 Å². The van der Waals surface area contributed by atoms with E-state index in [4.69, 9.17) is 9.47 Å². The monoisotopic (exact) mass is 209 g/mol. The van der Waals surface area contributed by atoms with Gasteiger partial charge in [-0.25, -0.2) is 0 Å². The molecule has 1 N–H and O–H groups in total. The van der Waals surface area contributed by atoms with Gasteiger partial charge in [0.05, 0.1) is 6.54 Å². The number of nitrogens with one attached hydrogen (secondary N) is 1. The first kappa shape index (κ1) is 11.5. The highest BCUT2D eigenvalue weighted by Gasteiger charge is 1.99. The van der Waals surface area contributed by atoms with E-state index in [1.807, 2.05) is 30.3 Å². The first-order valence-electron chi connectivity index (χ1n) is 4.81. The van der Waals surface area contributed by atoms with Crippen molar-refractivity contribution < 1.29 is 14.3 Å². The fourth-order valence-electron chi connectivity index (χ4n) is 1.03. The second-order valence-corrected chi connectivity index (χ2v) is 2.91. The molecule has 1 aromatic rings. The maximum Gasteiger partial charge on any atom is 0.320 e.